The summed E-state index contributed by atoms with van der Waals surface area (Å²) < 4.78 is 23.4. The van der Waals surface area contributed by atoms with Gasteiger partial charge in [0.15, 0.2) is 6.61 Å². The molecule has 0 heterocycles. The van der Waals surface area contributed by atoms with Gasteiger partial charge in [-0.1, -0.05) is 0 Å². The number of carbonyl (C=O) groups is 1. The van der Waals surface area contributed by atoms with Gasteiger partial charge in [0, 0.05) is 19.8 Å². The Kier molecular flexibility index (Phi) is 5.80. The summed E-state index contributed by atoms with van der Waals surface area (Å²) in [5, 5.41) is 2.75. The Bertz CT molecular complexity index is 418. The second kappa shape index (κ2) is 7.85. The van der Waals surface area contributed by atoms with Crippen LogP contribution in [-0.4, -0.2) is 32.3 Å². The average Bonchev–Trinajstić information content (AvgIpc) is 3.26. The quantitative estimate of drug-likeness (QED) is 0.705. The monoisotopic (exact) mass is 281 g/mol. The number of hydrogen-bond acceptors (Lipinski definition) is 3. The minimum Gasteiger partial charge on any atom is -0.484 e. The van der Waals surface area contributed by atoms with Crippen LogP contribution in [0.2, 0.25) is 0 Å². The van der Waals surface area contributed by atoms with Gasteiger partial charge in [-0.05, 0) is 49.4 Å². The molecule has 1 aromatic carbocycles. The third kappa shape index (κ3) is 6.02. The van der Waals surface area contributed by atoms with Crippen LogP contribution >= 0.6 is 0 Å². The van der Waals surface area contributed by atoms with Crippen LogP contribution in [0.25, 0.3) is 0 Å². The fourth-order valence-electron chi connectivity index (χ4n) is 1.67. The highest BCUT2D eigenvalue weighted by Crippen LogP contribution is 2.28. The van der Waals surface area contributed by atoms with Crippen molar-refractivity contribution in [2.45, 2.75) is 19.3 Å². The van der Waals surface area contributed by atoms with E-state index in [4.69, 9.17) is 9.47 Å². The Morgan fingerprint density at radius 1 is 1.30 bits per heavy atom. The first-order chi connectivity index (χ1) is 9.74. The van der Waals surface area contributed by atoms with Gasteiger partial charge in [0.2, 0.25) is 0 Å². The minimum atomic E-state index is -0.326. The molecule has 1 aliphatic rings. The third-order valence-electron chi connectivity index (χ3n) is 3.02. The van der Waals surface area contributed by atoms with Gasteiger partial charge in [0.25, 0.3) is 5.91 Å². The number of halogens is 1. The normalized spacial score (nSPS) is 14.1. The van der Waals surface area contributed by atoms with E-state index in [1.54, 1.807) is 0 Å². The van der Waals surface area contributed by atoms with Crippen molar-refractivity contribution in [2.24, 2.45) is 5.92 Å². The fourth-order valence-corrected chi connectivity index (χ4v) is 1.67. The maximum Gasteiger partial charge on any atom is 0.257 e. The molecule has 0 radical (unpaired) electrons. The lowest BCUT2D eigenvalue weighted by molar-refractivity contribution is -0.123. The molecule has 1 fully saturated rings. The summed E-state index contributed by atoms with van der Waals surface area (Å²) in [6.45, 7) is 2.04. The van der Waals surface area contributed by atoms with Crippen molar-refractivity contribution in [2.75, 3.05) is 26.4 Å². The van der Waals surface area contributed by atoms with E-state index in [9.17, 15) is 9.18 Å². The molecule has 0 aromatic heterocycles. The van der Waals surface area contributed by atoms with Crippen molar-refractivity contribution in [1.29, 1.82) is 0 Å². The van der Waals surface area contributed by atoms with Crippen LogP contribution in [-0.2, 0) is 9.53 Å². The van der Waals surface area contributed by atoms with E-state index in [-0.39, 0.29) is 18.3 Å². The van der Waals surface area contributed by atoms with Gasteiger partial charge in [0.1, 0.15) is 11.6 Å². The van der Waals surface area contributed by atoms with Crippen LogP contribution < -0.4 is 10.1 Å². The lowest BCUT2D eigenvalue weighted by Crippen LogP contribution is -2.30. The van der Waals surface area contributed by atoms with Gasteiger partial charge in [-0.2, -0.15) is 0 Å². The largest absolute Gasteiger partial charge is 0.484 e. The van der Waals surface area contributed by atoms with Crippen LogP contribution in [0, 0.1) is 11.7 Å². The van der Waals surface area contributed by atoms with Crippen molar-refractivity contribution in [1.82, 2.24) is 5.32 Å². The number of benzene rings is 1. The van der Waals surface area contributed by atoms with Crippen LogP contribution in [0.15, 0.2) is 24.3 Å². The van der Waals surface area contributed by atoms with Crippen LogP contribution in [0.3, 0.4) is 0 Å². The number of nitrogens with one attached hydrogen (secondary N) is 1. The van der Waals surface area contributed by atoms with E-state index < -0.39 is 0 Å². The highest BCUT2D eigenvalue weighted by Gasteiger charge is 2.20. The Morgan fingerprint density at radius 2 is 2.05 bits per heavy atom. The molecule has 1 amide bonds. The molecule has 1 saturated carbocycles. The first kappa shape index (κ1) is 14.8. The highest BCUT2D eigenvalue weighted by molar-refractivity contribution is 5.77. The lowest BCUT2D eigenvalue weighted by Gasteiger charge is -2.07. The Morgan fingerprint density at radius 3 is 2.75 bits per heavy atom. The molecule has 20 heavy (non-hydrogen) atoms. The van der Waals surface area contributed by atoms with Crippen molar-refractivity contribution in [3.05, 3.63) is 30.1 Å². The van der Waals surface area contributed by atoms with Crippen molar-refractivity contribution in [3.63, 3.8) is 0 Å². The van der Waals surface area contributed by atoms with Gasteiger partial charge in [-0.15, -0.1) is 0 Å². The fraction of sp³-hybridized carbons (Fsp3) is 0.533. The number of hydrogen-bond donors (Lipinski definition) is 1. The molecule has 0 saturated heterocycles. The van der Waals surface area contributed by atoms with Crippen molar-refractivity contribution >= 4 is 5.91 Å². The lowest BCUT2D eigenvalue weighted by atomic mass is 10.3. The molecule has 1 aliphatic carbocycles. The van der Waals surface area contributed by atoms with Crippen molar-refractivity contribution < 1.29 is 18.7 Å². The van der Waals surface area contributed by atoms with Gasteiger partial charge in [-0.25, -0.2) is 4.39 Å². The molecule has 0 atom stereocenters. The minimum absolute atomic E-state index is 0.0609. The molecule has 1 aromatic rings. The van der Waals surface area contributed by atoms with E-state index in [2.05, 4.69) is 5.32 Å². The molecule has 0 spiro atoms. The topological polar surface area (TPSA) is 47.6 Å². The Balaban J connectivity index is 1.48. The Hall–Kier alpha value is -1.62. The average molecular weight is 281 g/mol. The number of rotatable bonds is 9. The maximum atomic E-state index is 12.7. The summed E-state index contributed by atoms with van der Waals surface area (Å²) >= 11 is 0. The summed E-state index contributed by atoms with van der Waals surface area (Å²) in [7, 11) is 0. The van der Waals surface area contributed by atoms with E-state index in [0.717, 1.165) is 18.9 Å². The number of ether oxygens (including phenoxy) is 2. The molecule has 2 rings (SSSR count). The molecule has 1 N–H and O–H groups in total. The predicted octanol–water partition coefficient (Wildman–Crippen LogP) is 2.14. The van der Waals surface area contributed by atoms with Gasteiger partial charge in [-0.3, -0.25) is 4.79 Å². The van der Waals surface area contributed by atoms with Gasteiger partial charge < -0.3 is 14.8 Å². The number of carbonyl (C=O) groups excluding carboxylic acids is 1. The summed E-state index contributed by atoms with van der Waals surface area (Å²) in [5.41, 5.74) is 0. The van der Waals surface area contributed by atoms with Crippen LogP contribution in [0.5, 0.6) is 5.75 Å². The molecule has 110 valence electrons. The standard InChI is InChI=1S/C15H20FNO3/c16-13-4-6-14(7-5-13)20-11-15(18)17-8-1-9-19-10-12-2-3-12/h4-7,12H,1-3,8-11H2,(H,17,18). The van der Waals surface area contributed by atoms with E-state index >= 15 is 0 Å². The zero-order valence-electron chi connectivity index (χ0n) is 11.4. The zero-order chi connectivity index (χ0) is 14.2. The predicted molar refractivity (Wildman–Crippen MR) is 73.1 cm³/mol. The SMILES string of the molecule is O=C(COc1ccc(F)cc1)NCCCOCC1CC1. The summed E-state index contributed by atoms with van der Waals surface area (Å²) in [6.07, 6.45) is 3.38. The molecule has 4 nitrogen and oxygen atoms in total. The van der Waals surface area contributed by atoms with Crippen molar-refractivity contribution in [3.8, 4) is 5.75 Å². The molecule has 0 bridgehead atoms. The number of amides is 1. The summed E-state index contributed by atoms with van der Waals surface area (Å²) in [6, 6.07) is 5.58. The zero-order valence-corrected chi connectivity index (χ0v) is 11.4. The van der Waals surface area contributed by atoms with Gasteiger partial charge >= 0.3 is 0 Å². The molecule has 0 unspecified atom stereocenters. The molecular weight excluding hydrogens is 261 g/mol. The second-order valence-corrected chi connectivity index (χ2v) is 4.96. The smallest absolute Gasteiger partial charge is 0.257 e. The van der Waals surface area contributed by atoms with Crippen LogP contribution in [0.4, 0.5) is 4.39 Å². The van der Waals surface area contributed by atoms with E-state index in [1.807, 2.05) is 0 Å². The summed E-state index contributed by atoms with van der Waals surface area (Å²) in [4.78, 5) is 11.5. The van der Waals surface area contributed by atoms with E-state index in [1.165, 1.54) is 37.1 Å². The van der Waals surface area contributed by atoms with E-state index in [0.29, 0.717) is 18.9 Å². The second-order valence-electron chi connectivity index (χ2n) is 4.96. The molecular formula is C15H20FNO3. The summed E-state index contributed by atoms with van der Waals surface area (Å²) in [5.74, 6) is 0.743. The van der Waals surface area contributed by atoms with Gasteiger partial charge in [0.05, 0.1) is 0 Å². The maximum absolute atomic E-state index is 12.7. The first-order valence-corrected chi connectivity index (χ1v) is 6.97. The third-order valence-corrected chi connectivity index (χ3v) is 3.02. The Labute approximate surface area is 118 Å². The molecule has 5 heteroatoms. The highest BCUT2D eigenvalue weighted by atomic mass is 19.1. The molecule has 0 aliphatic heterocycles. The van der Waals surface area contributed by atoms with Crippen LogP contribution in [0.1, 0.15) is 19.3 Å². The first-order valence-electron chi connectivity index (χ1n) is 6.97.